The Morgan fingerprint density at radius 2 is 2.06 bits per heavy atom. The van der Waals surface area contributed by atoms with Crippen molar-refractivity contribution in [3.05, 3.63) is 35.0 Å². The second kappa shape index (κ2) is 3.93. The molecule has 0 atom stereocenters. The van der Waals surface area contributed by atoms with Crippen LogP contribution in [0.5, 0.6) is 5.75 Å². The van der Waals surface area contributed by atoms with Gasteiger partial charge in [0.15, 0.2) is 6.29 Å². The lowest BCUT2D eigenvalue weighted by Gasteiger charge is -2.09. The smallest absolute Gasteiger partial charge is 0.150 e. The predicted octanol–water partition coefficient (Wildman–Crippen LogP) is 2.67. The van der Waals surface area contributed by atoms with Crippen LogP contribution >= 0.6 is 0 Å². The molecule has 0 saturated heterocycles. The zero-order valence-corrected chi connectivity index (χ0v) is 9.57. The summed E-state index contributed by atoms with van der Waals surface area (Å²) in [6.07, 6.45) is 0.853. The predicted molar refractivity (Wildman–Crippen MR) is 63.2 cm³/mol. The third-order valence-electron chi connectivity index (χ3n) is 2.63. The normalized spacial score (nSPS) is 10.4. The fraction of sp³-hybridized carbons (Fsp3) is 0.231. The number of hydrogen-bond donors (Lipinski definition) is 0. The van der Waals surface area contributed by atoms with Gasteiger partial charge in [-0.2, -0.15) is 0 Å². The first-order chi connectivity index (χ1) is 7.67. The monoisotopic (exact) mass is 215 g/mol. The maximum atomic E-state index is 11.0. The quantitative estimate of drug-likeness (QED) is 0.723. The minimum atomic E-state index is 0.654. The van der Waals surface area contributed by atoms with Crippen LogP contribution in [0, 0.1) is 13.8 Å². The van der Waals surface area contributed by atoms with Crippen molar-refractivity contribution in [2.45, 2.75) is 13.8 Å². The van der Waals surface area contributed by atoms with E-state index in [-0.39, 0.29) is 0 Å². The SMILES string of the molecule is COc1ccc(C=O)c2c(C)cc(C)nc12. The number of carbonyl (C=O) groups excluding carboxylic acids is 1. The molecular weight excluding hydrogens is 202 g/mol. The molecule has 82 valence electrons. The van der Waals surface area contributed by atoms with Crippen molar-refractivity contribution in [1.82, 2.24) is 4.98 Å². The van der Waals surface area contributed by atoms with Gasteiger partial charge in [0, 0.05) is 16.6 Å². The van der Waals surface area contributed by atoms with E-state index in [0.717, 1.165) is 28.4 Å². The van der Waals surface area contributed by atoms with Crippen molar-refractivity contribution < 1.29 is 9.53 Å². The number of fused-ring (bicyclic) bond motifs is 1. The standard InChI is InChI=1S/C13H13NO2/c1-8-6-9(2)14-13-11(16-3)5-4-10(7-15)12(8)13/h4-7H,1-3H3. The van der Waals surface area contributed by atoms with Crippen molar-refractivity contribution in [2.75, 3.05) is 7.11 Å². The van der Waals surface area contributed by atoms with Gasteiger partial charge >= 0.3 is 0 Å². The lowest BCUT2D eigenvalue weighted by atomic mass is 10.0. The zero-order chi connectivity index (χ0) is 11.7. The molecular formula is C13H13NO2. The van der Waals surface area contributed by atoms with Gasteiger partial charge in [-0.3, -0.25) is 4.79 Å². The molecule has 2 rings (SSSR count). The number of rotatable bonds is 2. The lowest BCUT2D eigenvalue weighted by molar-refractivity contribution is 0.112. The van der Waals surface area contributed by atoms with Crippen molar-refractivity contribution in [1.29, 1.82) is 0 Å². The Labute approximate surface area is 94.1 Å². The topological polar surface area (TPSA) is 39.2 Å². The summed E-state index contributed by atoms with van der Waals surface area (Å²) in [6, 6.07) is 5.50. The van der Waals surface area contributed by atoms with E-state index in [0.29, 0.717) is 11.3 Å². The molecule has 3 nitrogen and oxygen atoms in total. The number of methoxy groups -OCH3 is 1. The van der Waals surface area contributed by atoms with E-state index in [4.69, 9.17) is 4.74 Å². The van der Waals surface area contributed by atoms with E-state index < -0.39 is 0 Å². The first kappa shape index (κ1) is 10.6. The van der Waals surface area contributed by atoms with Crippen LogP contribution in [0.3, 0.4) is 0 Å². The molecule has 0 bridgehead atoms. The summed E-state index contributed by atoms with van der Waals surface area (Å²) in [6.45, 7) is 3.91. The molecule has 0 fully saturated rings. The molecule has 0 amide bonds. The summed E-state index contributed by atoms with van der Waals surface area (Å²) in [4.78, 5) is 15.4. The van der Waals surface area contributed by atoms with Crippen LogP contribution in [0.4, 0.5) is 0 Å². The third kappa shape index (κ3) is 1.54. The molecule has 16 heavy (non-hydrogen) atoms. The molecule has 0 aliphatic heterocycles. The van der Waals surface area contributed by atoms with Crippen LogP contribution < -0.4 is 4.74 Å². The molecule has 0 saturated carbocycles. The number of aromatic nitrogens is 1. The summed E-state index contributed by atoms with van der Waals surface area (Å²) in [7, 11) is 1.61. The van der Waals surface area contributed by atoms with Gasteiger partial charge in [-0.1, -0.05) is 0 Å². The van der Waals surface area contributed by atoms with Gasteiger partial charge in [0.25, 0.3) is 0 Å². The zero-order valence-electron chi connectivity index (χ0n) is 9.57. The average molecular weight is 215 g/mol. The largest absolute Gasteiger partial charge is 0.494 e. The van der Waals surface area contributed by atoms with Gasteiger partial charge in [0.2, 0.25) is 0 Å². The molecule has 0 radical (unpaired) electrons. The van der Waals surface area contributed by atoms with Crippen LogP contribution in [-0.2, 0) is 0 Å². The molecule has 0 unspecified atom stereocenters. The molecule has 0 aliphatic rings. The maximum Gasteiger partial charge on any atom is 0.150 e. The minimum Gasteiger partial charge on any atom is -0.494 e. The highest BCUT2D eigenvalue weighted by molar-refractivity contribution is 6.00. The fourth-order valence-electron chi connectivity index (χ4n) is 1.97. The molecule has 2 aromatic rings. The second-order valence-electron chi connectivity index (χ2n) is 3.78. The van der Waals surface area contributed by atoms with Crippen LogP contribution in [0.15, 0.2) is 18.2 Å². The maximum absolute atomic E-state index is 11.0. The Hall–Kier alpha value is -1.90. The number of nitrogens with zero attached hydrogens (tertiary/aromatic N) is 1. The second-order valence-corrected chi connectivity index (χ2v) is 3.78. The highest BCUT2D eigenvalue weighted by Gasteiger charge is 2.10. The average Bonchev–Trinajstić information content (AvgIpc) is 2.27. The number of hydrogen-bond acceptors (Lipinski definition) is 3. The van der Waals surface area contributed by atoms with E-state index in [1.54, 1.807) is 19.2 Å². The Kier molecular flexibility index (Phi) is 2.60. The van der Waals surface area contributed by atoms with Crippen LogP contribution in [0.2, 0.25) is 0 Å². The highest BCUT2D eigenvalue weighted by atomic mass is 16.5. The molecule has 1 aromatic carbocycles. The van der Waals surface area contributed by atoms with Gasteiger partial charge < -0.3 is 4.74 Å². The van der Waals surface area contributed by atoms with E-state index >= 15 is 0 Å². The molecule has 0 N–H and O–H groups in total. The Balaban J connectivity index is 2.95. The summed E-state index contributed by atoms with van der Waals surface area (Å²) in [5.41, 5.74) is 3.38. The van der Waals surface area contributed by atoms with Gasteiger partial charge in [-0.05, 0) is 37.6 Å². The molecule has 1 heterocycles. The molecule has 0 aliphatic carbocycles. The third-order valence-corrected chi connectivity index (χ3v) is 2.63. The number of ether oxygens (including phenoxy) is 1. The number of carbonyl (C=O) groups is 1. The molecule has 3 heteroatoms. The lowest BCUT2D eigenvalue weighted by Crippen LogP contribution is -1.95. The Bertz CT molecular complexity index is 561. The van der Waals surface area contributed by atoms with Crippen molar-refractivity contribution in [2.24, 2.45) is 0 Å². The van der Waals surface area contributed by atoms with Crippen LogP contribution in [0.1, 0.15) is 21.6 Å². The van der Waals surface area contributed by atoms with E-state index in [2.05, 4.69) is 4.98 Å². The number of aryl methyl sites for hydroxylation is 2. The van der Waals surface area contributed by atoms with Crippen molar-refractivity contribution >= 4 is 17.2 Å². The van der Waals surface area contributed by atoms with Gasteiger partial charge in [-0.15, -0.1) is 0 Å². The summed E-state index contributed by atoms with van der Waals surface area (Å²) in [5.74, 6) is 0.701. The highest BCUT2D eigenvalue weighted by Crippen LogP contribution is 2.28. The number of aldehydes is 1. The van der Waals surface area contributed by atoms with Gasteiger partial charge in [-0.25, -0.2) is 4.98 Å². The van der Waals surface area contributed by atoms with Gasteiger partial charge in [0.1, 0.15) is 11.3 Å². The van der Waals surface area contributed by atoms with E-state index in [1.165, 1.54) is 0 Å². The summed E-state index contributed by atoms with van der Waals surface area (Å²) in [5, 5.41) is 0.875. The number of benzene rings is 1. The number of pyridine rings is 1. The Morgan fingerprint density at radius 3 is 2.69 bits per heavy atom. The molecule has 0 spiro atoms. The van der Waals surface area contributed by atoms with Crippen LogP contribution in [-0.4, -0.2) is 18.4 Å². The molecule has 1 aromatic heterocycles. The van der Waals surface area contributed by atoms with E-state index in [1.807, 2.05) is 19.9 Å². The summed E-state index contributed by atoms with van der Waals surface area (Å²) < 4.78 is 5.26. The minimum absolute atomic E-state index is 0.654. The van der Waals surface area contributed by atoms with Gasteiger partial charge in [0.05, 0.1) is 7.11 Å². The van der Waals surface area contributed by atoms with Crippen molar-refractivity contribution in [3.8, 4) is 5.75 Å². The first-order valence-electron chi connectivity index (χ1n) is 5.07. The fourth-order valence-corrected chi connectivity index (χ4v) is 1.97. The first-order valence-corrected chi connectivity index (χ1v) is 5.07. The van der Waals surface area contributed by atoms with Crippen LogP contribution in [0.25, 0.3) is 10.9 Å². The summed E-state index contributed by atoms with van der Waals surface area (Å²) >= 11 is 0. The van der Waals surface area contributed by atoms with E-state index in [9.17, 15) is 4.79 Å². The Morgan fingerprint density at radius 1 is 1.31 bits per heavy atom. The van der Waals surface area contributed by atoms with Crippen molar-refractivity contribution in [3.63, 3.8) is 0 Å².